The first kappa shape index (κ1) is 11.7. The summed E-state index contributed by atoms with van der Waals surface area (Å²) in [5, 5.41) is 3.13. The van der Waals surface area contributed by atoms with E-state index in [9.17, 15) is 0 Å². The summed E-state index contributed by atoms with van der Waals surface area (Å²) >= 11 is 0. The second-order valence-electron chi connectivity index (χ2n) is 4.93. The molecule has 1 aromatic heterocycles. The molecule has 0 saturated carbocycles. The van der Waals surface area contributed by atoms with Gasteiger partial charge in [0.25, 0.3) is 0 Å². The highest BCUT2D eigenvalue weighted by atomic mass is 16.3. The van der Waals surface area contributed by atoms with Gasteiger partial charge in [0.15, 0.2) is 0 Å². The lowest BCUT2D eigenvalue weighted by atomic mass is 10.0. The number of nitrogens with one attached hydrogen (secondary N) is 1. The van der Waals surface area contributed by atoms with Gasteiger partial charge in [-0.15, -0.1) is 0 Å². The third-order valence-electron chi connectivity index (χ3n) is 3.21. The van der Waals surface area contributed by atoms with Gasteiger partial charge in [-0.2, -0.15) is 0 Å². The average molecular weight is 222 g/mol. The molecular formula is C13H22N2O. The highest BCUT2D eigenvalue weighted by molar-refractivity contribution is 5.12. The van der Waals surface area contributed by atoms with Crippen molar-refractivity contribution in [2.75, 3.05) is 20.1 Å². The zero-order valence-corrected chi connectivity index (χ0v) is 10.3. The van der Waals surface area contributed by atoms with E-state index in [1.54, 1.807) is 0 Å². The van der Waals surface area contributed by atoms with Crippen LogP contribution in [0, 0.1) is 5.92 Å². The van der Waals surface area contributed by atoms with E-state index in [1.807, 2.05) is 13.3 Å². The van der Waals surface area contributed by atoms with Crippen molar-refractivity contribution < 1.29 is 4.42 Å². The quantitative estimate of drug-likeness (QED) is 0.847. The highest BCUT2D eigenvalue weighted by Crippen LogP contribution is 2.18. The van der Waals surface area contributed by atoms with E-state index in [2.05, 4.69) is 23.2 Å². The molecule has 1 atom stereocenters. The molecule has 0 amide bonds. The number of rotatable bonds is 4. The Morgan fingerprint density at radius 1 is 1.56 bits per heavy atom. The lowest BCUT2D eigenvalue weighted by molar-refractivity contribution is 0.165. The highest BCUT2D eigenvalue weighted by Gasteiger charge is 2.17. The predicted octanol–water partition coefficient (Wildman–Crippen LogP) is 2.23. The minimum atomic E-state index is 0.834. The van der Waals surface area contributed by atoms with Gasteiger partial charge in [0, 0.05) is 18.7 Å². The van der Waals surface area contributed by atoms with Crippen LogP contribution in [0.25, 0.3) is 0 Å². The lowest BCUT2D eigenvalue weighted by Crippen LogP contribution is -2.33. The normalized spacial score (nSPS) is 22.5. The molecule has 2 rings (SSSR count). The summed E-state index contributed by atoms with van der Waals surface area (Å²) in [5.41, 5.74) is 1.24. The zero-order valence-electron chi connectivity index (χ0n) is 10.3. The van der Waals surface area contributed by atoms with Crippen LogP contribution in [-0.4, -0.2) is 25.0 Å². The number of hydrogen-bond acceptors (Lipinski definition) is 3. The summed E-state index contributed by atoms with van der Waals surface area (Å²) in [4.78, 5) is 2.50. The summed E-state index contributed by atoms with van der Waals surface area (Å²) < 4.78 is 5.57. The minimum Gasteiger partial charge on any atom is -0.468 e. The van der Waals surface area contributed by atoms with E-state index in [-0.39, 0.29) is 0 Å². The van der Waals surface area contributed by atoms with Crippen molar-refractivity contribution in [3.05, 3.63) is 23.7 Å². The number of piperidine rings is 1. The molecule has 1 saturated heterocycles. The van der Waals surface area contributed by atoms with Gasteiger partial charge in [0.05, 0.1) is 12.8 Å². The zero-order chi connectivity index (χ0) is 11.4. The second-order valence-corrected chi connectivity index (χ2v) is 4.93. The van der Waals surface area contributed by atoms with Gasteiger partial charge in [-0.1, -0.05) is 6.92 Å². The molecule has 0 spiro atoms. The molecule has 0 bridgehead atoms. The van der Waals surface area contributed by atoms with Crippen LogP contribution in [0.15, 0.2) is 16.7 Å². The number of likely N-dealkylation sites (tertiary alicyclic amines) is 1. The number of hydrogen-bond donors (Lipinski definition) is 1. The van der Waals surface area contributed by atoms with Crippen LogP contribution >= 0.6 is 0 Å². The third-order valence-corrected chi connectivity index (χ3v) is 3.21. The van der Waals surface area contributed by atoms with Crippen LogP contribution in [0.1, 0.15) is 31.1 Å². The van der Waals surface area contributed by atoms with E-state index in [0.717, 1.165) is 24.8 Å². The Morgan fingerprint density at radius 2 is 2.44 bits per heavy atom. The molecule has 0 aromatic carbocycles. The Hall–Kier alpha value is -0.800. The molecular weight excluding hydrogens is 200 g/mol. The number of nitrogens with zero attached hydrogens (tertiary/aromatic N) is 1. The molecule has 1 aliphatic rings. The molecule has 0 radical (unpaired) electrons. The van der Waals surface area contributed by atoms with E-state index in [1.165, 1.54) is 31.5 Å². The van der Waals surface area contributed by atoms with Crippen LogP contribution in [0.5, 0.6) is 0 Å². The Bertz CT molecular complexity index is 321. The van der Waals surface area contributed by atoms with Crippen molar-refractivity contribution in [1.82, 2.24) is 10.2 Å². The Morgan fingerprint density at radius 3 is 3.19 bits per heavy atom. The van der Waals surface area contributed by atoms with Gasteiger partial charge in [-0.05, 0) is 38.4 Å². The fraction of sp³-hybridized carbons (Fsp3) is 0.692. The van der Waals surface area contributed by atoms with Gasteiger partial charge in [-0.3, -0.25) is 4.90 Å². The first-order valence-electron chi connectivity index (χ1n) is 6.21. The summed E-state index contributed by atoms with van der Waals surface area (Å²) in [6, 6.07) is 2.16. The summed E-state index contributed by atoms with van der Waals surface area (Å²) in [6.07, 6.45) is 4.56. The molecule has 2 heterocycles. The van der Waals surface area contributed by atoms with Crippen molar-refractivity contribution in [1.29, 1.82) is 0 Å². The smallest absolute Gasteiger partial charge is 0.118 e. The first-order chi connectivity index (χ1) is 7.78. The molecule has 1 N–H and O–H groups in total. The maximum atomic E-state index is 5.57. The third kappa shape index (κ3) is 3.09. The Balaban J connectivity index is 1.87. The van der Waals surface area contributed by atoms with Gasteiger partial charge in [0.2, 0.25) is 0 Å². The monoisotopic (exact) mass is 222 g/mol. The second kappa shape index (κ2) is 5.51. The molecule has 0 aliphatic carbocycles. The van der Waals surface area contributed by atoms with Gasteiger partial charge in [-0.25, -0.2) is 0 Å². The summed E-state index contributed by atoms with van der Waals surface area (Å²) in [7, 11) is 1.96. The van der Waals surface area contributed by atoms with Crippen molar-refractivity contribution >= 4 is 0 Å². The lowest BCUT2D eigenvalue weighted by Gasteiger charge is -2.29. The van der Waals surface area contributed by atoms with Crippen LogP contribution < -0.4 is 5.32 Å². The van der Waals surface area contributed by atoms with Gasteiger partial charge < -0.3 is 9.73 Å². The molecule has 16 heavy (non-hydrogen) atoms. The summed E-state index contributed by atoms with van der Waals surface area (Å²) in [6.45, 7) is 6.61. The largest absolute Gasteiger partial charge is 0.468 e. The topological polar surface area (TPSA) is 28.4 Å². The van der Waals surface area contributed by atoms with E-state index < -0.39 is 0 Å². The Labute approximate surface area is 97.8 Å². The van der Waals surface area contributed by atoms with E-state index in [4.69, 9.17) is 4.42 Å². The molecule has 1 aliphatic heterocycles. The van der Waals surface area contributed by atoms with Crippen molar-refractivity contribution in [3.63, 3.8) is 0 Å². The molecule has 3 nitrogen and oxygen atoms in total. The van der Waals surface area contributed by atoms with E-state index in [0.29, 0.717) is 0 Å². The molecule has 1 aromatic rings. The predicted molar refractivity (Wildman–Crippen MR) is 65.1 cm³/mol. The number of furan rings is 1. The maximum absolute atomic E-state index is 5.57. The molecule has 90 valence electrons. The fourth-order valence-electron chi connectivity index (χ4n) is 2.46. The van der Waals surface area contributed by atoms with E-state index >= 15 is 0 Å². The van der Waals surface area contributed by atoms with Gasteiger partial charge >= 0.3 is 0 Å². The Kier molecular flexibility index (Phi) is 4.02. The molecule has 3 heteroatoms. The van der Waals surface area contributed by atoms with Crippen molar-refractivity contribution in [2.24, 2.45) is 5.92 Å². The van der Waals surface area contributed by atoms with Gasteiger partial charge in [0.1, 0.15) is 5.76 Å². The SMILES string of the molecule is CNCc1coc(CN2CCCC(C)C2)c1. The maximum Gasteiger partial charge on any atom is 0.118 e. The average Bonchev–Trinajstić information content (AvgIpc) is 2.66. The summed E-state index contributed by atoms with van der Waals surface area (Å²) in [5.74, 6) is 1.93. The molecule has 1 unspecified atom stereocenters. The molecule has 1 fully saturated rings. The van der Waals surface area contributed by atoms with Crippen LogP contribution in [0.3, 0.4) is 0 Å². The van der Waals surface area contributed by atoms with Crippen molar-refractivity contribution in [2.45, 2.75) is 32.9 Å². The fourth-order valence-corrected chi connectivity index (χ4v) is 2.46. The van der Waals surface area contributed by atoms with Crippen LogP contribution in [0.2, 0.25) is 0 Å². The van der Waals surface area contributed by atoms with Crippen molar-refractivity contribution in [3.8, 4) is 0 Å². The van der Waals surface area contributed by atoms with Crippen LogP contribution in [0.4, 0.5) is 0 Å². The van der Waals surface area contributed by atoms with Crippen LogP contribution in [-0.2, 0) is 13.1 Å². The minimum absolute atomic E-state index is 0.834. The standard InChI is InChI=1S/C13H22N2O/c1-11-4-3-5-15(8-11)9-13-6-12(7-14-2)10-16-13/h6,10-11,14H,3-5,7-9H2,1-2H3. The first-order valence-corrected chi connectivity index (χ1v) is 6.21.